The van der Waals surface area contributed by atoms with Gasteiger partial charge in [-0.05, 0) is 36.7 Å². The van der Waals surface area contributed by atoms with Crippen molar-refractivity contribution in [2.24, 2.45) is 7.05 Å². The number of fused-ring (bicyclic) bond motifs is 2. The second-order valence-corrected chi connectivity index (χ2v) is 5.93. The number of aromatic nitrogens is 4. The number of hydrogen-bond donors (Lipinski definition) is 1. The Morgan fingerprint density at radius 2 is 2.20 bits per heavy atom. The molecule has 3 aromatic rings. The van der Waals surface area contributed by atoms with Crippen molar-refractivity contribution in [3.05, 3.63) is 45.9 Å². The highest BCUT2D eigenvalue weighted by Gasteiger charge is 2.27. The molecular weight excluding hydrogens is 268 g/mol. The molecule has 1 N–H and O–H groups in total. The van der Waals surface area contributed by atoms with E-state index in [-0.39, 0.29) is 0 Å². The number of rotatable bonds is 2. The SMILES string of the molecule is Cc1nn(C)c2c1[nH]c(=S)n2CC1Cc2ccccc21. The van der Waals surface area contributed by atoms with Crippen LogP contribution in [-0.2, 0) is 20.0 Å². The van der Waals surface area contributed by atoms with E-state index in [1.54, 1.807) is 0 Å². The van der Waals surface area contributed by atoms with Crippen molar-refractivity contribution in [2.45, 2.75) is 25.8 Å². The molecule has 0 bridgehead atoms. The summed E-state index contributed by atoms with van der Waals surface area (Å²) in [4.78, 5) is 3.29. The number of aromatic amines is 1. The minimum atomic E-state index is 0.562. The van der Waals surface area contributed by atoms with Gasteiger partial charge >= 0.3 is 0 Å². The van der Waals surface area contributed by atoms with Crippen LogP contribution in [0.4, 0.5) is 0 Å². The predicted octanol–water partition coefficient (Wildman–Crippen LogP) is 3.08. The highest BCUT2D eigenvalue weighted by Crippen LogP contribution is 2.36. The summed E-state index contributed by atoms with van der Waals surface area (Å²) in [6.07, 6.45) is 1.14. The fraction of sp³-hybridized carbons (Fsp3) is 0.333. The molecule has 0 saturated carbocycles. The number of aryl methyl sites for hydroxylation is 2. The fourth-order valence-corrected chi connectivity index (χ4v) is 3.55. The third kappa shape index (κ3) is 1.53. The van der Waals surface area contributed by atoms with Crippen LogP contribution < -0.4 is 0 Å². The zero-order valence-electron chi connectivity index (χ0n) is 11.6. The van der Waals surface area contributed by atoms with Gasteiger partial charge in [0.2, 0.25) is 0 Å². The number of nitrogens with zero attached hydrogens (tertiary/aromatic N) is 3. The average Bonchev–Trinajstić information content (AvgIpc) is 2.86. The van der Waals surface area contributed by atoms with Gasteiger partial charge in [-0.15, -0.1) is 0 Å². The van der Waals surface area contributed by atoms with E-state index in [0.717, 1.165) is 34.6 Å². The highest BCUT2D eigenvalue weighted by molar-refractivity contribution is 7.71. The molecule has 1 atom stereocenters. The largest absolute Gasteiger partial charge is 0.328 e. The number of H-pyrrole nitrogens is 1. The van der Waals surface area contributed by atoms with Crippen LogP contribution in [0.25, 0.3) is 11.2 Å². The summed E-state index contributed by atoms with van der Waals surface area (Å²) in [6.45, 7) is 2.94. The maximum Gasteiger partial charge on any atom is 0.179 e. The molecule has 5 heteroatoms. The molecule has 0 aliphatic heterocycles. The summed E-state index contributed by atoms with van der Waals surface area (Å²) >= 11 is 5.48. The molecule has 102 valence electrons. The van der Waals surface area contributed by atoms with Crippen LogP contribution in [0.3, 0.4) is 0 Å². The van der Waals surface area contributed by atoms with Crippen LogP contribution in [0.5, 0.6) is 0 Å². The number of hydrogen-bond acceptors (Lipinski definition) is 2. The zero-order valence-corrected chi connectivity index (χ0v) is 12.4. The standard InChI is InChI=1S/C15H16N4S/c1-9-13-14(18(2)17-9)19(15(20)16-13)8-11-7-10-5-3-4-6-12(10)11/h3-6,11H,7-8H2,1-2H3,(H,16,20). The van der Waals surface area contributed by atoms with Gasteiger partial charge in [-0.2, -0.15) is 5.10 Å². The van der Waals surface area contributed by atoms with Crippen molar-refractivity contribution >= 4 is 23.4 Å². The summed E-state index contributed by atoms with van der Waals surface area (Å²) in [6, 6.07) is 8.67. The molecule has 0 amide bonds. The molecule has 4 nitrogen and oxygen atoms in total. The lowest BCUT2D eigenvalue weighted by Crippen LogP contribution is -2.22. The van der Waals surface area contributed by atoms with Gasteiger partial charge in [0.25, 0.3) is 0 Å². The maximum absolute atomic E-state index is 5.48. The first kappa shape index (κ1) is 11.9. The molecule has 2 heterocycles. The molecule has 0 radical (unpaired) electrons. The first-order chi connectivity index (χ1) is 9.65. The molecule has 2 aromatic heterocycles. The highest BCUT2D eigenvalue weighted by atomic mass is 32.1. The molecule has 1 aliphatic carbocycles. The maximum atomic E-state index is 5.48. The van der Waals surface area contributed by atoms with Gasteiger partial charge in [0.05, 0.1) is 5.69 Å². The van der Waals surface area contributed by atoms with Crippen molar-refractivity contribution in [2.75, 3.05) is 0 Å². The van der Waals surface area contributed by atoms with Gasteiger partial charge in [0.15, 0.2) is 10.4 Å². The molecule has 1 aliphatic rings. The summed E-state index contributed by atoms with van der Waals surface area (Å²) in [5, 5.41) is 4.47. The van der Waals surface area contributed by atoms with E-state index in [1.807, 2.05) is 18.7 Å². The van der Waals surface area contributed by atoms with Crippen LogP contribution in [0.15, 0.2) is 24.3 Å². The molecule has 0 spiro atoms. The Hall–Kier alpha value is -1.88. The third-order valence-corrected chi connectivity index (χ3v) is 4.61. The minimum Gasteiger partial charge on any atom is -0.328 e. The Morgan fingerprint density at radius 1 is 1.40 bits per heavy atom. The van der Waals surface area contributed by atoms with Crippen LogP contribution >= 0.6 is 12.2 Å². The lowest BCUT2D eigenvalue weighted by Gasteiger charge is -2.30. The van der Waals surface area contributed by atoms with E-state index >= 15 is 0 Å². The molecule has 0 fully saturated rings. The van der Waals surface area contributed by atoms with E-state index in [1.165, 1.54) is 11.1 Å². The molecule has 1 unspecified atom stereocenters. The predicted molar refractivity (Wildman–Crippen MR) is 81.5 cm³/mol. The van der Waals surface area contributed by atoms with E-state index in [4.69, 9.17) is 12.2 Å². The number of nitrogens with one attached hydrogen (secondary N) is 1. The first-order valence-electron chi connectivity index (χ1n) is 6.85. The Bertz CT molecular complexity index is 868. The van der Waals surface area contributed by atoms with E-state index < -0.39 is 0 Å². The third-order valence-electron chi connectivity index (χ3n) is 4.29. The van der Waals surface area contributed by atoms with E-state index in [0.29, 0.717) is 5.92 Å². The molecule has 0 saturated heterocycles. The van der Waals surface area contributed by atoms with Crippen LogP contribution in [-0.4, -0.2) is 19.3 Å². The molecule has 4 rings (SSSR count). The Balaban J connectivity index is 1.78. The smallest absolute Gasteiger partial charge is 0.179 e. The fourth-order valence-electron chi connectivity index (χ4n) is 3.29. The van der Waals surface area contributed by atoms with Crippen molar-refractivity contribution in [3.8, 4) is 0 Å². The summed E-state index contributed by atoms with van der Waals surface area (Å²) < 4.78 is 4.90. The quantitative estimate of drug-likeness (QED) is 0.734. The first-order valence-corrected chi connectivity index (χ1v) is 7.26. The van der Waals surface area contributed by atoms with Crippen molar-refractivity contribution < 1.29 is 0 Å². The Kier molecular flexibility index (Phi) is 2.41. The number of benzene rings is 1. The Labute approximate surface area is 122 Å². The monoisotopic (exact) mass is 284 g/mol. The lowest BCUT2D eigenvalue weighted by molar-refractivity contribution is 0.506. The average molecular weight is 284 g/mol. The summed E-state index contributed by atoms with van der Waals surface area (Å²) in [5.74, 6) is 0.562. The summed E-state index contributed by atoms with van der Waals surface area (Å²) in [5.41, 5.74) is 6.09. The van der Waals surface area contributed by atoms with Gasteiger partial charge in [-0.3, -0.25) is 4.68 Å². The van der Waals surface area contributed by atoms with Crippen LogP contribution in [0, 0.1) is 11.7 Å². The Morgan fingerprint density at radius 3 is 3.00 bits per heavy atom. The second kappa shape index (κ2) is 4.06. The zero-order chi connectivity index (χ0) is 13.9. The molecule has 20 heavy (non-hydrogen) atoms. The van der Waals surface area contributed by atoms with Crippen LogP contribution in [0.2, 0.25) is 0 Å². The van der Waals surface area contributed by atoms with Gasteiger partial charge in [0, 0.05) is 19.5 Å². The summed E-state index contributed by atoms with van der Waals surface area (Å²) in [7, 11) is 1.98. The van der Waals surface area contributed by atoms with E-state index in [2.05, 4.69) is 38.9 Å². The van der Waals surface area contributed by atoms with Gasteiger partial charge in [-0.1, -0.05) is 24.3 Å². The van der Waals surface area contributed by atoms with Gasteiger partial charge in [0.1, 0.15) is 5.52 Å². The normalized spacial score (nSPS) is 17.2. The second-order valence-electron chi connectivity index (χ2n) is 5.55. The van der Waals surface area contributed by atoms with E-state index in [9.17, 15) is 0 Å². The lowest BCUT2D eigenvalue weighted by atomic mass is 9.77. The molecular formula is C15H16N4S. The van der Waals surface area contributed by atoms with Gasteiger partial charge in [-0.25, -0.2) is 0 Å². The minimum absolute atomic E-state index is 0.562. The van der Waals surface area contributed by atoms with Crippen molar-refractivity contribution in [1.29, 1.82) is 0 Å². The topological polar surface area (TPSA) is 38.5 Å². The van der Waals surface area contributed by atoms with Crippen LogP contribution in [0.1, 0.15) is 22.7 Å². The van der Waals surface area contributed by atoms with Gasteiger partial charge < -0.3 is 9.55 Å². The van der Waals surface area contributed by atoms with Crippen molar-refractivity contribution in [3.63, 3.8) is 0 Å². The van der Waals surface area contributed by atoms with Crippen molar-refractivity contribution in [1.82, 2.24) is 19.3 Å². The number of imidazole rings is 1. The molecule has 1 aromatic carbocycles.